The minimum atomic E-state index is -0.357. The van der Waals surface area contributed by atoms with Gasteiger partial charge in [0.15, 0.2) is 11.6 Å². The summed E-state index contributed by atoms with van der Waals surface area (Å²) in [6, 6.07) is -0.712. The molecular formula is C109H193N5O10. The van der Waals surface area contributed by atoms with Crippen LogP contribution in [0.5, 0.6) is 0 Å². The van der Waals surface area contributed by atoms with E-state index >= 15 is 0 Å². The van der Waals surface area contributed by atoms with Crippen molar-refractivity contribution >= 4 is 58.5 Å². The molecule has 0 fully saturated rings. The Hall–Kier alpha value is -6.90. The highest BCUT2D eigenvalue weighted by atomic mass is 16.2. The van der Waals surface area contributed by atoms with Crippen molar-refractivity contribution in [3.05, 3.63) is 122 Å². The van der Waals surface area contributed by atoms with Crippen molar-refractivity contribution in [3.8, 4) is 0 Å². The average molecular weight is 1730 g/mol. The van der Waals surface area contributed by atoms with Crippen LogP contribution in [0.25, 0.3) is 0 Å². The van der Waals surface area contributed by atoms with Crippen molar-refractivity contribution in [2.75, 3.05) is 19.6 Å². The van der Waals surface area contributed by atoms with Crippen molar-refractivity contribution in [1.82, 2.24) is 26.6 Å². The van der Waals surface area contributed by atoms with E-state index in [4.69, 9.17) is 0 Å². The summed E-state index contributed by atoms with van der Waals surface area (Å²) >= 11 is 0. The second-order valence-corrected chi connectivity index (χ2v) is 33.9. The van der Waals surface area contributed by atoms with Crippen LogP contribution in [0.1, 0.15) is 481 Å². The van der Waals surface area contributed by atoms with Gasteiger partial charge in [-0.3, -0.25) is 47.9 Å². The molecule has 5 amide bonds. The van der Waals surface area contributed by atoms with E-state index in [-0.39, 0.29) is 77.1 Å². The molecular weight excluding hydrogens is 1540 g/mol. The second kappa shape index (κ2) is 108. The summed E-state index contributed by atoms with van der Waals surface area (Å²) < 4.78 is 0. The first kappa shape index (κ1) is 126. The second-order valence-electron chi connectivity index (χ2n) is 33.9. The molecule has 0 saturated heterocycles. The fourth-order valence-corrected chi connectivity index (χ4v) is 12.7. The summed E-state index contributed by atoms with van der Waals surface area (Å²) in [5, 5.41) is 13.7. The van der Waals surface area contributed by atoms with Crippen LogP contribution in [0.3, 0.4) is 0 Å². The summed E-state index contributed by atoms with van der Waals surface area (Å²) in [6.07, 6.45) is 115. The summed E-state index contributed by atoms with van der Waals surface area (Å²) in [6.45, 7) is 23.4. The van der Waals surface area contributed by atoms with Crippen LogP contribution < -0.4 is 26.6 Å². The van der Waals surface area contributed by atoms with Gasteiger partial charge >= 0.3 is 0 Å². The highest BCUT2D eigenvalue weighted by Crippen LogP contribution is 2.15. The number of nitrogens with one attached hydrogen (secondary N) is 5. The van der Waals surface area contributed by atoms with E-state index < -0.39 is 0 Å². The van der Waals surface area contributed by atoms with Gasteiger partial charge in [0, 0.05) is 58.0 Å². The van der Waals surface area contributed by atoms with E-state index in [0.29, 0.717) is 58.0 Å². The predicted molar refractivity (Wildman–Crippen MR) is 534 cm³/mol. The topological polar surface area (TPSA) is 231 Å². The van der Waals surface area contributed by atoms with Crippen molar-refractivity contribution in [1.29, 1.82) is 0 Å². The molecule has 0 aliphatic rings. The molecule has 0 bridgehead atoms. The molecule has 0 saturated carbocycles. The molecule has 0 aromatic carbocycles. The Morgan fingerprint density at radius 1 is 0.202 bits per heavy atom. The van der Waals surface area contributed by atoms with Crippen LogP contribution in [0.4, 0.5) is 0 Å². The molecule has 0 aliphatic heterocycles. The van der Waals surface area contributed by atoms with E-state index in [2.05, 4.69) is 183 Å². The number of carbonyl (C=O) groups is 10. The Labute approximate surface area is 763 Å². The normalized spacial score (nSPS) is 12.0. The Kier molecular flexibility index (Phi) is 110. The van der Waals surface area contributed by atoms with Gasteiger partial charge in [0.05, 0.1) is 18.6 Å². The zero-order valence-corrected chi connectivity index (χ0v) is 82.2. The van der Waals surface area contributed by atoms with Crippen LogP contribution >= 0.6 is 0 Å². The summed E-state index contributed by atoms with van der Waals surface area (Å²) in [5.41, 5.74) is 0. The molecule has 0 aromatic heterocycles. The Morgan fingerprint density at radius 3 is 0.565 bits per heavy atom. The maximum absolute atomic E-state index is 11.6. The highest BCUT2D eigenvalue weighted by molar-refractivity contribution is 5.88. The fourth-order valence-electron chi connectivity index (χ4n) is 12.7. The third-order valence-corrected chi connectivity index (χ3v) is 21.0. The third-order valence-electron chi connectivity index (χ3n) is 21.0. The number of rotatable bonds is 82. The third kappa shape index (κ3) is 121. The van der Waals surface area contributed by atoms with Gasteiger partial charge in [-0.15, -0.1) is 0 Å². The molecule has 714 valence electrons. The average Bonchev–Trinajstić information content (AvgIpc) is 0.974. The molecule has 15 heteroatoms. The number of amides is 5. The molecule has 124 heavy (non-hydrogen) atoms. The minimum absolute atomic E-state index is 0.00254. The molecule has 2 atom stereocenters. The van der Waals surface area contributed by atoms with Crippen LogP contribution in [0.2, 0.25) is 0 Å². The van der Waals surface area contributed by atoms with E-state index in [1.54, 1.807) is 27.7 Å². The maximum atomic E-state index is 11.6. The predicted octanol–water partition coefficient (Wildman–Crippen LogP) is 29.1. The van der Waals surface area contributed by atoms with Crippen LogP contribution in [-0.4, -0.2) is 90.2 Å². The number of carbonyl (C=O) groups excluding carboxylic acids is 10. The van der Waals surface area contributed by atoms with Crippen LogP contribution in [0.15, 0.2) is 122 Å². The largest absolute Gasteiger partial charge is 0.356 e. The molecule has 5 N–H and O–H groups in total. The first-order valence-corrected chi connectivity index (χ1v) is 50.6. The van der Waals surface area contributed by atoms with Gasteiger partial charge in [-0.25, -0.2) is 0 Å². The Morgan fingerprint density at radius 2 is 0.371 bits per heavy atom. The fraction of sp³-hybridized carbons (Fsp3) is 0.725. The molecule has 0 rings (SSSR count). The van der Waals surface area contributed by atoms with Crippen molar-refractivity contribution in [2.45, 2.75) is 493 Å². The SMILES string of the molecule is CCCCC/C=C\C=C\CCCCCCCCC(=O)NC(C)C(C)=O.CCCCC/C=C\C=C\CCCCCCCCC(=O)NCCC(C)=O.CCCCCC/C=C/C=C\CCCCCCCC(=O)NC(C)C(C)=O.CCCCCC/C=C/C=C\CCCCCCCC(=O)NCC(C)=O.CCCCCC/C=C/C=C\CCCCCCCC(=O)NCCC(C)=O. The maximum Gasteiger partial charge on any atom is 0.220 e. The van der Waals surface area contributed by atoms with E-state index in [1.807, 2.05) is 0 Å². The Bertz CT molecular complexity index is 2800. The zero-order valence-electron chi connectivity index (χ0n) is 82.2. The summed E-state index contributed by atoms with van der Waals surface area (Å²) in [7, 11) is 0. The standard InChI is InChI=1S/4C22H39NO2.C21H37NO2/c2*1-4-5-6-7-8-9-10-11-12-13-14-15-16-17-18-19-22(25)23-20(2)21(3)24;2*1-3-4-5-6-7-8-9-10-11-12-13-14-15-16-17-18-22(25)23-20-19-21(2)24;1-3-4-5-6-7-8-9-10-11-12-13-14-15-16-17-18-21(24)22-19-20(2)23/h9-12,20H,4-8,13-19H2,1-3H3,(H,23,25);8-11,20H,4-7,12-19H2,1-3H3,(H,23,25);8-11H,3-7,12-20H2,1-2H3,(H,23,25);7-10H,3-6,11-20H2,1-2H3,(H,23,25);8-11H,3-7,12-19H2,1-2H3,(H,22,24)/b10-9+,12-11-;9-8-,11-10+;9-8+,11-10-;8-7-,10-9+;9-8+,11-10-. The molecule has 0 spiro atoms. The molecule has 0 heterocycles. The first-order chi connectivity index (χ1) is 60.1. The summed E-state index contributed by atoms with van der Waals surface area (Å²) in [4.78, 5) is 112. The molecule has 15 nitrogen and oxygen atoms in total. The van der Waals surface area contributed by atoms with Crippen LogP contribution in [-0.2, 0) is 47.9 Å². The van der Waals surface area contributed by atoms with Gasteiger partial charge in [-0.05, 0) is 209 Å². The first-order valence-electron chi connectivity index (χ1n) is 50.6. The van der Waals surface area contributed by atoms with Crippen molar-refractivity contribution in [2.24, 2.45) is 0 Å². The van der Waals surface area contributed by atoms with Crippen molar-refractivity contribution in [3.63, 3.8) is 0 Å². The molecule has 0 radical (unpaired) electrons. The smallest absolute Gasteiger partial charge is 0.220 e. The molecule has 2 unspecified atom stereocenters. The number of hydrogen-bond acceptors (Lipinski definition) is 10. The lowest BCUT2D eigenvalue weighted by Crippen LogP contribution is -2.37. The monoisotopic (exact) mass is 1730 g/mol. The number of Topliss-reactive ketones (excluding diaryl/α,β-unsaturated/α-hetero) is 5. The van der Waals surface area contributed by atoms with E-state index in [9.17, 15) is 47.9 Å². The lowest BCUT2D eigenvalue weighted by atomic mass is 10.1. The van der Waals surface area contributed by atoms with Crippen LogP contribution in [0, 0.1) is 0 Å². The summed E-state index contributed by atoms with van der Waals surface area (Å²) in [5.74, 6) is 0.400. The molecule has 0 aliphatic carbocycles. The van der Waals surface area contributed by atoms with E-state index in [0.717, 1.165) is 96.3 Å². The van der Waals surface area contributed by atoms with Gasteiger partial charge in [0.25, 0.3) is 0 Å². The lowest BCUT2D eigenvalue weighted by molar-refractivity contribution is -0.126. The number of ketones is 5. The number of hydrogen-bond donors (Lipinski definition) is 5. The van der Waals surface area contributed by atoms with E-state index in [1.165, 1.54) is 278 Å². The Balaban J connectivity index is -0.000000476. The van der Waals surface area contributed by atoms with Gasteiger partial charge in [0.1, 0.15) is 17.3 Å². The number of unbranched alkanes of at least 4 members (excludes halogenated alkanes) is 45. The van der Waals surface area contributed by atoms with Crippen molar-refractivity contribution < 1.29 is 47.9 Å². The number of allylic oxidation sites excluding steroid dienone is 20. The van der Waals surface area contributed by atoms with Gasteiger partial charge < -0.3 is 26.6 Å². The molecule has 0 aromatic rings. The van der Waals surface area contributed by atoms with Gasteiger partial charge in [-0.1, -0.05) is 349 Å². The minimum Gasteiger partial charge on any atom is -0.356 e. The highest BCUT2D eigenvalue weighted by Gasteiger charge is 2.13. The zero-order chi connectivity index (χ0) is 92.6. The quantitative estimate of drug-likeness (QED) is 0.0286. The van der Waals surface area contributed by atoms with Gasteiger partial charge in [0.2, 0.25) is 29.5 Å². The lowest BCUT2D eigenvalue weighted by Gasteiger charge is -2.10. The van der Waals surface area contributed by atoms with Gasteiger partial charge in [-0.2, -0.15) is 0 Å².